The first-order valence-electron chi connectivity index (χ1n) is 33.0. The Bertz CT molecular complexity index is 1240. The molecule has 0 aliphatic rings. The Balaban J connectivity index is 4.20. The van der Waals surface area contributed by atoms with E-state index in [4.69, 9.17) is 14.2 Å². The molecule has 0 radical (unpaired) electrons. The van der Waals surface area contributed by atoms with Gasteiger partial charge < -0.3 is 14.2 Å². The van der Waals surface area contributed by atoms with Gasteiger partial charge >= 0.3 is 17.9 Å². The minimum atomic E-state index is -0.776. The van der Waals surface area contributed by atoms with Crippen LogP contribution in [0.3, 0.4) is 0 Å². The van der Waals surface area contributed by atoms with Crippen LogP contribution in [0.5, 0.6) is 0 Å². The van der Waals surface area contributed by atoms with E-state index in [1.807, 2.05) is 0 Å². The van der Waals surface area contributed by atoms with Crippen molar-refractivity contribution in [2.24, 2.45) is 0 Å². The lowest BCUT2D eigenvalue weighted by atomic mass is 10.0. The van der Waals surface area contributed by atoms with Crippen molar-refractivity contribution in [3.05, 3.63) is 36.5 Å². The SMILES string of the molecule is CCCCCCC/C=C\C/C=C\C/C=C\CCCCCCCCC(=O)OC(COC(=O)CCCCCCCCCCCC)COC(=O)CCCCCCCCCCCCCCCCCCCCCCCCCCC. The highest BCUT2D eigenvalue weighted by Gasteiger charge is 2.19. The number of carbonyl (C=O) groups excluding carboxylic acids is 3. The van der Waals surface area contributed by atoms with Gasteiger partial charge in [0.25, 0.3) is 0 Å². The normalized spacial score (nSPS) is 12.2. The van der Waals surface area contributed by atoms with Crippen molar-refractivity contribution in [1.29, 1.82) is 0 Å². The third-order valence-corrected chi connectivity index (χ3v) is 14.9. The molecule has 0 rings (SSSR count). The minimum Gasteiger partial charge on any atom is -0.462 e. The molecule has 0 aliphatic heterocycles. The van der Waals surface area contributed by atoms with Crippen LogP contribution in [0.2, 0.25) is 0 Å². The largest absolute Gasteiger partial charge is 0.462 e. The van der Waals surface area contributed by atoms with E-state index in [1.165, 1.54) is 244 Å². The monoisotopic (exact) mass is 1040 g/mol. The van der Waals surface area contributed by atoms with Crippen LogP contribution in [0.15, 0.2) is 36.5 Å². The molecular weight excluding hydrogens is 913 g/mol. The number of esters is 3. The zero-order chi connectivity index (χ0) is 53.6. The topological polar surface area (TPSA) is 78.9 Å². The second-order valence-corrected chi connectivity index (χ2v) is 22.4. The zero-order valence-corrected chi connectivity index (χ0v) is 49.9. The van der Waals surface area contributed by atoms with Gasteiger partial charge in [-0.15, -0.1) is 0 Å². The quantitative estimate of drug-likeness (QED) is 0.0261. The first kappa shape index (κ1) is 71.6. The third-order valence-electron chi connectivity index (χ3n) is 14.9. The van der Waals surface area contributed by atoms with Crippen LogP contribution in [-0.2, 0) is 28.6 Å². The second kappa shape index (κ2) is 63.2. The number of rotatable bonds is 61. The van der Waals surface area contributed by atoms with Crippen LogP contribution in [-0.4, -0.2) is 37.2 Å². The average molecular weight is 1040 g/mol. The maximum Gasteiger partial charge on any atom is 0.306 e. The van der Waals surface area contributed by atoms with Crippen molar-refractivity contribution < 1.29 is 28.6 Å². The summed E-state index contributed by atoms with van der Waals surface area (Å²) in [6.07, 6.45) is 77.4. The van der Waals surface area contributed by atoms with Crippen molar-refractivity contribution in [2.75, 3.05) is 13.2 Å². The van der Waals surface area contributed by atoms with Gasteiger partial charge in [-0.1, -0.05) is 320 Å². The molecule has 1 atom stereocenters. The van der Waals surface area contributed by atoms with Crippen molar-refractivity contribution in [3.63, 3.8) is 0 Å². The first-order valence-corrected chi connectivity index (χ1v) is 33.0. The summed E-state index contributed by atoms with van der Waals surface area (Å²) >= 11 is 0. The molecule has 0 spiro atoms. The van der Waals surface area contributed by atoms with Crippen molar-refractivity contribution in [2.45, 2.75) is 367 Å². The molecule has 0 heterocycles. The molecule has 0 saturated carbocycles. The van der Waals surface area contributed by atoms with Crippen LogP contribution in [0, 0.1) is 0 Å². The molecular formula is C68H126O6. The maximum absolute atomic E-state index is 12.9. The van der Waals surface area contributed by atoms with E-state index in [9.17, 15) is 14.4 Å². The van der Waals surface area contributed by atoms with E-state index in [1.54, 1.807) is 0 Å². The minimum absolute atomic E-state index is 0.0725. The predicted octanol–water partition coefficient (Wildman–Crippen LogP) is 22.4. The molecule has 6 nitrogen and oxygen atoms in total. The van der Waals surface area contributed by atoms with Crippen molar-refractivity contribution in [3.8, 4) is 0 Å². The Morgan fingerprint density at radius 3 is 0.757 bits per heavy atom. The Labute approximate surface area is 461 Å². The zero-order valence-electron chi connectivity index (χ0n) is 49.9. The molecule has 0 amide bonds. The highest BCUT2D eigenvalue weighted by Crippen LogP contribution is 2.18. The van der Waals surface area contributed by atoms with Gasteiger partial charge in [-0.05, 0) is 57.8 Å². The van der Waals surface area contributed by atoms with Gasteiger partial charge in [0.2, 0.25) is 0 Å². The van der Waals surface area contributed by atoms with Gasteiger partial charge in [0.15, 0.2) is 6.10 Å². The van der Waals surface area contributed by atoms with Gasteiger partial charge in [0, 0.05) is 19.3 Å². The standard InChI is InChI=1S/C68H126O6/c1-4-7-10-13-16-19-22-24-26-28-30-32-33-34-35-37-38-40-42-44-46-49-52-55-58-61-67(70)73-64-65(63-72-66(69)60-57-54-51-48-21-18-15-12-9-6-3)74-68(71)62-59-56-53-50-47-45-43-41-39-36-31-29-27-25-23-20-17-14-11-8-5-2/h23,25,29,31,39,41,65H,4-22,24,26-28,30,32-38,40,42-64H2,1-3H3/b25-23-,31-29-,41-39-. The highest BCUT2D eigenvalue weighted by molar-refractivity contribution is 5.71. The van der Waals surface area contributed by atoms with E-state index >= 15 is 0 Å². The summed E-state index contributed by atoms with van der Waals surface area (Å²) in [4.78, 5) is 38.2. The fourth-order valence-electron chi connectivity index (χ4n) is 9.92. The van der Waals surface area contributed by atoms with Crippen LogP contribution >= 0.6 is 0 Å². The maximum atomic E-state index is 12.9. The molecule has 0 aromatic heterocycles. The van der Waals surface area contributed by atoms with Crippen molar-refractivity contribution >= 4 is 17.9 Å². The Morgan fingerprint density at radius 1 is 0.270 bits per heavy atom. The summed E-state index contributed by atoms with van der Waals surface area (Å²) in [5.74, 6) is -0.863. The lowest BCUT2D eigenvalue weighted by Crippen LogP contribution is -2.30. The van der Waals surface area contributed by atoms with Crippen LogP contribution in [0.25, 0.3) is 0 Å². The highest BCUT2D eigenvalue weighted by atomic mass is 16.6. The Kier molecular flexibility index (Phi) is 61.1. The summed E-state index contributed by atoms with van der Waals surface area (Å²) in [5.41, 5.74) is 0. The van der Waals surface area contributed by atoms with Gasteiger partial charge in [-0.25, -0.2) is 0 Å². The fourth-order valence-corrected chi connectivity index (χ4v) is 9.92. The number of unbranched alkanes of at least 4 members (excludes halogenated alkanes) is 44. The molecule has 74 heavy (non-hydrogen) atoms. The van der Waals surface area contributed by atoms with Gasteiger partial charge in [-0.3, -0.25) is 14.4 Å². The van der Waals surface area contributed by atoms with Gasteiger partial charge in [0.1, 0.15) is 13.2 Å². The first-order chi connectivity index (χ1) is 36.5. The van der Waals surface area contributed by atoms with E-state index in [0.29, 0.717) is 19.3 Å². The molecule has 0 aromatic carbocycles. The molecule has 0 aliphatic carbocycles. The molecule has 1 unspecified atom stereocenters. The van der Waals surface area contributed by atoms with Crippen LogP contribution in [0.4, 0.5) is 0 Å². The van der Waals surface area contributed by atoms with E-state index in [2.05, 4.69) is 57.2 Å². The van der Waals surface area contributed by atoms with Gasteiger partial charge in [-0.2, -0.15) is 0 Å². The summed E-state index contributed by atoms with van der Waals surface area (Å²) in [6, 6.07) is 0. The smallest absolute Gasteiger partial charge is 0.306 e. The van der Waals surface area contributed by atoms with E-state index in [-0.39, 0.29) is 31.1 Å². The Hall–Kier alpha value is -2.37. The molecule has 6 heteroatoms. The lowest BCUT2D eigenvalue weighted by molar-refractivity contribution is -0.167. The number of hydrogen-bond donors (Lipinski definition) is 0. The number of ether oxygens (including phenoxy) is 3. The summed E-state index contributed by atoms with van der Waals surface area (Å²) in [5, 5.41) is 0. The van der Waals surface area contributed by atoms with Gasteiger partial charge in [0.05, 0.1) is 0 Å². The van der Waals surface area contributed by atoms with E-state index in [0.717, 1.165) is 77.0 Å². The molecule has 0 fully saturated rings. The number of hydrogen-bond acceptors (Lipinski definition) is 6. The van der Waals surface area contributed by atoms with Crippen LogP contribution < -0.4 is 0 Å². The van der Waals surface area contributed by atoms with E-state index < -0.39 is 6.10 Å². The fraction of sp³-hybridized carbons (Fsp3) is 0.868. The summed E-state index contributed by atoms with van der Waals surface area (Å²) < 4.78 is 16.9. The molecule has 0 N–H and O–H groups in total. The average Bonchev–Trinajstić information content (AvgIpc) is 3.40. The number of carbonyl (C=O) groups is 3. The lowest BCUT2D eigenvalue weighted by Gasteiger charge is -2.18. The van der Waals surface area contributed by atoms with Crippen LogP contribution in [0.1, 0.15) is 361 Å². The Morgan fingerprint density at radius 2 is 0.486 bits per heavy atom. The molecule has 0 aromatic rings. The molecule has 434 valence electrons. The third kappa shape index (κ3) is 60.5. The summed E-state index contributed by atoms with van der Waals surface area (Å²) in [6.45, 7) is 6.67. The van der Waals surface area contributed by atoms with Crippen molar-refractivity contribution in [1.82, 2.24) is 0 Å². The predicted molar refractivity (Wildman–Crippen MR) is 321 cm³/mol. The number of allylic oxidation sites excluding steroid dienone is 6. The molecule has 0 bridgehead atoms. The summed E-state index contributed by atoms with van der Waals surface area (Å²) in [7, 11) is 0. The molecule has 0 saturated heterocycles. The second-order valence-electron chi connectivity index (χ2n) is 22.4.